The zero-order valence-electron chi connectivity index (χ0n) is 12.3. The lowest BCUT2D eigenvalue weighted by Gasteiger charge is -2.09. The molecule has 21 heavy (non-hydrogen) atoms. The maximum absolute atomic E-state index is 13.7. The summed E-state index contributed by atoms with van der Waals surface area (Å²) in [5, 5.41) is 11.2. The first-order chi connectivity index (χ1) is 10.0. The first kappa shape index (κ1) is 17.2. The van der Waals surface area contributed by atoms with Crippen LogP contribution in [0.25, 0.3) is 0 Å². The molecule has 0 unspecified atom stereocenters. The highest BCUT2D eigenvalue weighted by Crippen LogP contribution is 2.10. The molecule has 0 aliphatic heterocycles. The van der Waals surface area contributed by atoms with Crippen LogP contribution in [0.2, 0.25) is 0 Å². The van der Waals surface area contributed by atoms with Gasteiger partial charge in [0.1, 0.15) is 5.82 Å². The van der Waals surface area contributed by atoms with Gasteiger partial charge in [-0.25, -0.2) is 4.39 Å². The Balaban J connectivity index is 2.66. The molecule has 0 aromatic heterocycles. The molecule has 114 valence electrons. The van der Waals surface area contributed by atoms with E-state index in [1.54, 1.807) is 0 Å². The lowest BCUT2D eigenvalue weighted by atomic mass is 10.1. The molecule has 0 spiro atoms. The van der Waals surface area contributed by atoms with E-state index in [4.69, 9.17) is 9.84 Å². The van der Waals surface area contributed by atoms with Gasteiger partial charge in [-0.1, -0.05) is 11.8 Å². The molecule has 2 N–H and O–H groups in total. The summed E-state index contributed by atoms with van der Waals surface area (Å²) < 4.78 is 19.0. The van der Waals surface area contributed by atoms with Gasteiger partial charge in [0.2, 0.25) is 0 Å². The van der Waals surface area contributed by atoms with Gasteiger partial charge < -0.3 is 15.2 Å². The summed E-state index contributed by atoms with van der Waals surface area (Å²) in [5.41, 5.74) is 0.490. The van der Waals surface area contributed by atoms with E-state index < -0.39 is 11.7 Å². The van der Waals surface area contributed by atoms with Gasteiger partial charge in [0.25, 0.3) is 5.91 Å². The van der Waals surface area contributed by atoms with Crippen molar-refractivity contribution < 1.29 is 19.0 Å². The molecule has 1 rings (SSSR count). The molecule has 1 aromatic rings. The summed E-state index contributed by atoms with van der Waals surface area (Å²) in [6.45, 7) is 4.46. The Morgan fingerprint density at radius 3 is 2.90 bits per heavy atom. The van der Waals surface area contributed by atoms with Gasteiger partial charge >= 0.3 is 0 Å². The summed E-state index contributed by atoms with van der Waals surface area (Å²) in [6, 6.07) is 4.11. The molecule has 0 heterocycles. The minimum atomic E-state index is -0.593. The number of benzene rings is 1. The third kappa shape index (κ3) is 6.39. The normalized spacial score (nSPS) is 10.1. The van der Waals surface area contributed by atoms with E-state index in [-0.39, 0.29) is 18.3 Å². The van der Waals surface area contributed by atoms with Crippen LogP contribution in [0.3, 0.4) is 0 Å². The van der Waals surface area contributed by atoms with E-state index in [0.29, 0.717) is 25.1 Å². The number of rotatable bonds is 6. The highest BCUT2D eigenvalue weighted by Gasteiger charge is 2.11. The minimum absolute atomic E-state index is 0.0304. The SMILES string of the molecule is CC(C)OCCNC(=O)c1cc(C#CCCO)ccc1F. The molecule has 0 aliphatic rings. The first-order valence-electron chi connectivity index (χ1n) is 6.83. The number of nitrogens with one attached hydrogen (secondary N) is 1. The van der Waals surface area contributed by atoms with Crippen molar-refractivity contribution in [3.05, 3.63) is 35.1 Å². The predicted octanol–water partition coefficient (Wildman–Crippen LogP) is 1.71. The second kappa shape index (κ2) is 9.11. The van der Waals surface area contributed by atoms with E-state index >= 15 is 0 Å². The van der Waals surface area contributed by atoms with Gasteiger partial charge in [0.05, 0.1) is 24.9 Å². The summed E-state index contributed by atoms with van der Waals surface area (Å²) in [7, 11) is 0. The molecule has 0 aliphatic carbocycles. The van der Waals surface area contributed by atoms with Gasteiger partial charge in [-0.05, 0) is 32.0 Å². The zero-order valence-corrected chi connectivity index (χ0v) is 12.3. The Kier molecular flexibility index (Phi) is 7.44. The zero-order chi connectivity index (χ0) is 15.7. The Morgan fingerprint density at radius 1 is 1.48 bits per heavy atom. The summed E-state index contributed by atoms with van der Waals surface area (Å²) in [5.74, 6) is 4.41. The van der Waals surface area contributed by atoms with Crippen LogP contribution < -0.4 is 5.32 Å². The number of halogens is 1. The van der Waals surface area contributed by atoms with Crippen LogP contribution in [-0.4, -0.2) is 36.9 Å². The number of hydrogen-bond acceptors (Lipinski definition) is 3. The van der Waals surface area contributed by atoms with Crippen LogP contribution in [0.1, 0.15) is 36.2 Å². The molecular weight excluding hydrogens is 273 g/mol. The number of amides is 1. The quantitative estimate of drug-likeness (QED) is 0.620. The smallest absolute Gasteiger partial charge is 0.254 e. The fourth-order valence-electron chi connectivity index (χ4n) is 1.55. The van der Waals surface area contributed by atoms with Gasteiger partial charge in [-0.2, -0.15) is 0 Å². The first-order valence-corrected chi connectivity index (χ1v) is 6.83. The van der Waals surface area contributed by atoms with Gasteiger partial charge in [-0.3, -0.25) is 4.79 Å². The van der Waals surface area contributed by atoms with E-state index in [9.17, 15) is 9.18 Å². The van der Waals surface area contributed by atoms with E-state index in [2.05, 4.69) is 17.2 Å². The van der Waals surface area contributed by atoms with Crippen molar-refractivity contribution in [2.24, 2.45) is 0 Å². The van der Waals surface area contributed by atoms with Gasteiger partial charge in [-0.15, -0.1) is 0 Å². The second-order valence-corrected chi connectivity index (χ2v) is 4.65. The lowest BCUT2D eigenvalue weighted by Crippen LogP contribution is -2.28. The van der Waals surface area contributed by atoms with E-state index in [1.165, 1.54) is 18.2 Å². The molecule has 5 heteroatoms. The lowest BCUT2D eigenvalue weighted by molar-refractivity contribution is 0.0745. The number of aliphatic hydroxyl groups excluding tert-OH is 1. The van der Waals surface area contributed by atoms with Crippen LogP contribution >= 0.6 is 0 Å². The number of carbonyl (C=O) groups is 1. The van der Waals surface area contributed by atoms with Crippen molar-refractivity contribution in [3.63, 3.8) is 0 Å². The number of carbonyl (C=O) groups excluding carboxylic acids is 1. The highest BCUT2D eigenvalue weighted by atomic mass is 19.1. The minimum Gasteiger partial charge on any atom is -0.395 e. The number of hydrogen-bond donors (Lipinski definition) is 2. The molecule has 1 amide bonds. The van der Waals surface area contributed by atoms with Crippen LogP contribution in [-0.2, 0) is 4.74 Å². The van der Waals surface area contributed by atoms with Crippen molar-refractivity contribution >= 4 is 5.91 Å². The standard InChI is InChI=1S/C16H20FNO3/c1-12(2)21-10-8-18-16(20)14-11-13(5-3-4-9-19)6-7-15(14)17/h6-7,11-12,19H,4,8-10H2,1-2H3,(H,18,20). The van der Waals surface area contributed by atoms with Crippen molar-refractivity contribution in [1.29, 1.82) is 0 Å². The van der Waals surface area contributed by atoms with Crippen molar-refractivity contribution in [3.8, 4) is 11.8 Å². The van der Waals surface area contributed by atoms with Crippen molar-refractivity contribution in [1.82, 2.24) is 5.32 Å². The molecule has 0 bridgehead atoms. The van der Waals surface area contributed by atoms with Crippen molar-refractivity contribution in [2.45, 2.75) is 26.4 Å². The summed E-state index contributed by atoms with van der Waals surface area (Å²) >= 11 is 0. The average Bonchev–Trinajstić information content (AvgIpc) is 2.45. The fraction of sp³-hybridized carbons (Fsp3) is 0.438. The van der Waals surface area contributed by atoms with Crippen LogP contribution in [0, 0.1) is 17.7 Å². The molecule has 0 radical (unpaired) electrons. The predicted molar refractivity (Wildman–Crippen MR) is 78.4 cm³/mol. The molecular formula is C16H20FNO3. The third-order valence-corrected chi connectivity index (χ3v) is 2.52. The van der Waals surface area contributed by atoms with Gasteiger partial charge in [0.15, 0.2) is 0 Å². The Bertz CT molecular complexity index is 532. The summed E-state index contributed by atoms with van der Waals surface area (Å²) in [4.78, 5) is 11.9. The molecule has 0 saturated heterocycles. The maximum atomic E-state index is 13.7. The topological polar surface area (TPSA) is 58.6 Å². The highest BCUT2D eigenvalue weighted by molar-refractivity contribution is 5.94. The Morgan fingerprint density at radius 2 is 2.24 bits per heavy atom. The monoisotopic (exact) mass is 293 g/mol. The Hall–Kier alpha value is -1.90. The maximum Gasteiger partial charge on any atom is 0.254 e. The molecule has 1 aromatic carbocycles. The number of ether oxygens (including phenoxy) is 1. The Labute approximate surface area is 124 Å². The fourth-order valence-corrected chi connectivity index (χ4v) is 1.55. The van der Waals surface area contributed by atoms with Gasteiger partial charge in [0, 0.05) is 18.5 Å². The number of aliphatic hydroxyl groups is 1. The molecule has 0 fully saturated rings. The van der Waals surface area contributed by atoms with Crippen LogP contribution in [0.4, 0.5) is 4.39 Å². The molecule has 0 atom stereocenters. The largest absolute Gasteiger partial charge is 0.395 e. The average molecular weight is 293 g/mol. The van der Waals surface area contributed by atoms with Crippen molar-refractivity contribution in [2.75, 3.05) is 19.8 Å². The van der Waals surface area contributed by atoms with Crippen LogP contribution in [0.5, 0.6) is 0 Å². The second-order valence-electron chi connectivity index (χ2n) is 4.65. The van der Waals surface area contributed by atoms with E-state index in [0.717, 1.165) is 0 Å². The molecule has 0 saturated carbocycles. The van der Waals surface area contributed by atoms with Crippen LogP contribution in [0.15, 0.2) is 18.2 Å². The third-order valence-electron chi connectivity index (χ3n) is 2.52. The van der Waals surface area contributed by atoms with E-state index in [1.807, 2.05) is 13.8 Å². The molecule has 4 nitrogen and oxygen atoms in total. The summed E-state index contributed by atoms with van der Waals surface area (Å²) in [6.07, 6.45) is 0.426.